The van der Waals surface area contributed by atoms with Crippen molar-refractivity contribution in [3.8, 4) is 0 Å². The summed E-state index contributed by atoms with van der Waals surface area (Å²) in [6, 6.07) is 2.66. The number of hydrogen-bond acceptors (Lipinski definition) is 2. The maximum absolute atomic E-state index is 4.19. The van der Waals surface area contributed by atoms with E-state index < -0.39 is 0 Å². The Balaban J connectivity index is 2.09. The highest BCUT2D eigenvalue weighted by Gasteiger charge is 2.36. The zero-order valence-corrected chi connectivity index (χ0v) is 10.7. The van der Waals surface area contributed by atoms with Crippen molar-refractivity contribution >= 4 is 5.69 Å². The normalized spacial score (nSPS) is 28.0. The van der Waals surface area contributed by atoms with Crippen molar-refractivity contribution in [2.75, 3.05) is 5.32 Å². The quantitative estimate of drug-likeness (QED) is 0.820. The molecular weight excluding hydrogens is 196 g/mol. The summed E-state index contributed by atoms with van der Waals surface area (Å²) in [6.45, 7) is 9.20. The minimum Gasteiger partial charge on any atom is -0.381 e. The van der Waals surface area contributed by atoms with Crippen LogP contribution >= 0.6 is 0 Å². The maximum Gasteiger partial charge on any atom is 0.0558 e. The Bertz CT molecular complexity index is 371. The molecular formula is C14H22N2. The third-order valence-corrected chi connectivity index (χ3v) is 3.71. The van der Waals surface area contributed by atoms with Crippen molar-refractivity contribution in [2.24, 2.45) is 11.3 Å². The molecule has 1 heterocycles. The Kier molecular flexibility index (Phi) is 2.92. The van der Waals surface area contributed by atoms with E-state index in [-0.39, 0.29) is 0 Å². The number of aromatic nitrogens is 1. The second-order valence-electron chi connectivity index (χ2n) is 5.99. The predicted octanol–water partition coefficient (Wildman–Crippen LogP) is 3.63. The molecule has 0 aromatic carbocycles. The van der Waals surface area contributed by atoms with E-state index in [1.165, 1.54) is 24.1 Å². The summed E-state index contributed by atoms with van der Waals surface area (Å²) in [5.41, 5.74) is 2.96. The Morgan fingerprint density at radius 3 is 2.69 bits per heavy atom. The van der Waals surface area contributed by atoms with Crippen molar-refractivity contribution in [1.82, 2.24) is 4.98 Å². The molecule has 2 atom stereocenters. The van der Waals surface area contributed by atoms with E-state index in [0.29, 0.717) is 11.5 Å². The van der Waals surface area contributed by atoms with E-state index >= 15 is 0 Å². The molecule has 1 N–H and O–H groups in total. The summed E-state index contributed by atoms with van der Waals surface area (Å²) in [6.07, 6.45) is 6.35. The van der Waals surface area contributed by atoms with Gasteiger partial charge >= 0.3 is 0 Å². The van der Waals surface area contributed by atoms with Crippen LogP contribution in [0, 0.1) is 18.3 Å². The zero-order chi connectivity index (χ0) is 11.8. The highest BCUT2D eigenvalue weighted by molar-refractivity contribution is 5.49. The van der Waals surface area contributed by atoms with E-state index in [9.17, 15) is 0 Å². The monoisotopic (exact) mass is 218 g/mol. The minimum atomic E-state index is 0.479. The van der Waals surface area contributed by atoms with E-state index in [1.807, 2.05) is 12.4 Å². The lowest BCUT2D eigenvalue weighted by Crippen LogP contribution is -2.23. The molecule has 2 heteroatoms. The number of pyridine rings is 1. The molecule has 0 bridgehead atoms. The molecule has 0 saturated heterocycles. The van der Waals surface area contributed by atoms with Crippen molar-refractivity contribution in [2.45, 2.75) is 46.6 Å². The van der Waals surface area contributed by atoms with Gasteiger partial charge in [0.15, 0.2) is 0 Å². The summed E-state index contributed by atoms with van der Waals surface area (Å²) in [5, 5.41) is 3.65. The van der Waals surface area contributed by atoms with Crippen molar-refractivity contribution < 1.29 is 0 Å². The van der Waals surface area contributed by atoms with Gasteiger partial charge in [0.25, 0.3) is 0 Å². The molecule has 2 rings (SSSR count). The lowest BCUT2D eigenvalue weighted by molar-refractivity contribution is 0.366. The lowest BCUT2D eigenvalue weighted by atomic mass is 9.91. The fourth-order valence-electron chi connectivity index (χ4n) is 2.90. The minimum absolute atomic E-state index is 0.479. The molecule has 88 valence electrons. The van der Waals surface area contributed by atoms with Crippen LogP contribution in [0.4, 0.5) is 5.69 Å². The molecule has 1 aromatic heterocycles. The van der Waals surface area contributed by atoms with Crippen LogP contribution in [-0.2, 0) is 0 Å². The predicted molar refractivity (Wildman–Crippen MR) is 68.6 cm³/mol. The van der Waals surface area contributed by atoms with Gasteiger partial charge in [0.1, 0.15) is 0 Å². The van der Waals surface area contributed by atoms with Gasteiger partial charge < -0.3 is 5.32 Å². The van der Waals surface area contributed by atoms with Gasteiger partial charge in [-0.25, -0.2) is 0 Å². The first-order valence-electron chi connectivity index (χ1n) is 6.15. The second kappa shape index (κ2) is 4.08. The highest BCUT2D eigenvalue weighted by atomic mass is 15.0. The van der Waals surface area contributed by atoms with E-state index in [0.717, 1.165) is 5.92 Å². The maximum atomic E-state index is 4.19. The van der Waals surface area contributed by atoms with E-state index in [4.69, 9.17) is 0 Å². The zero-order valence-electron chi connectivity index (χ0n) is 10.7. The van der Waals surface area contributed by atoms with Crippen LogP contribution in [0.25, 0.3) is 0 Å². The van der Waals surface area contributed by atoms with Gasteiger partial charge in [0.2, 0.25) is 0 Å². The molecule has 0 aliphatic heterocycles. The molecule has 0 spiro atoms. The Morgan fingerprint density at radius 2 is 2.12 bits per heavy atom. The van der Waals surface area contributed by atoms with Crippen LogP contribution in [0.15, 0.2) is 18.5 Å². The number of aryl methyl sites for hydroxylation is 1. The number of nitrogens with zero attached hydrogens (tertiary/aromatic N) is 1. The molecule has 1 fully saturated rings. The molecule has 2 unspecified atom stereocenters. The van der Waals surface area contributed by atoms with Crippen LogP contribution in [-0.4, -0.2) is 11.0 Å². The summed E-state index contributed by atoms with van der Waals surface area (Å²) < 4.78 is 0. The van der Waals surface area contributed by atoms with E-state index in [1.54, 1.807) is 0 Å². The first-order valence-corrected chi connectivity index (χ1v) is 6.15. The van der Waals surface area contributed by atoms with Crippen LogP contribution in [0.2, 0.25) is 0 Å². The Labute approximate surface area is 98.5 Å². The van der Waals surface area contributed by atoms with Crippen LogP contribution in [0.1, 0.15) is 39.2 Å². The molecule has 1 saturated carbocycles. The van der Waals surface area contributed by atoms with Gasteiger partial charge in [0.05, 0.1) is 11.9 Å². The highest BCUT2D eigenvalue weighted by Crippen LogP contribution is 2.42. The van der Waals surface area contributed by atoms with Gasteiger partial charge in [-0.1, -0.05) is 20.8 Å². The standard InChI is InChI=1S/C14H22N2/c1-10-5-6-15-9-13(10)16-12-8-14(3,4)7-11(12)2/h5-6,9,11-12,16H,7-8H2,1-4H3. The molecule has 2 nitrogen and oxygen atoms in total. The molecule has 16 heavy (non-hydrogen) atoms. The van der Waals surface area contributed by atoms with Crippen LogP contribution in [0.3, 0.4) is 0 Å². The summed E-state index contributed by atoms with van der Waals surface area (Å²) in [5.74, 6) is 0.745. The van der Waals surface area contributed by atoms with Crippen molar-refractivity contribution in [1.29, 1.82) is 0 Å². The number of nitrogens with one attached hydrogen (secondary N) is 1. The smallest absolute Gasteiger partial charge is 0.0558 e. The van der Waals surface area contributed by atoms with Gasteiger partial charge in [-0.2, -0.15) is 0 Å². The molecule has 0 amide bonds. The lowest BCUT2D eigenvalue weighted by Gasteiger charge is -2.20. The molecule has 1 aromatic rings. The van der Waals surface area contributed by atoms with Gasteiger partial charge in [0, 0.05) is 12.2 Å². The summed E-state index contributed by atoms with van der Waals surface area (Å²) >= 11 is 0. The van der Waals surface area contributed by atoms with E-state index in [2.05, 4.69) is 44.1 Å². The third-order valence-electron chi connectivity index (χ3n) is 3.71. The van der Waals surface area contributed by atoms with Crippen molar-refractivity contribution in [3.05, 3.63) is 24.0 Å². The first-order chi connectivity index (χ1) is 7.48. The second-order valence-corrected chi connectivity index (χ2v) is 5.99. The third kappa shape index (κ3) is 2.37. The SMILES string of the molecule is Cc1ccncc1NC1CC(C)(C)CC1C. The van der Waals surface area contributed by atoms with Crippen LogP contribution in [0.5, 0.6) is 0 Å². The average molecular weight is 218 g/mol. The number of hydrogen-bond donors (Lipinski definition) is 1. The Morgan fingerprint density at radius 1 is 1.38 bits per heavy atom. The van der Waals surface area contributed by atoms with Gasteiger partial charge in [-0.15, -0.1) is 0 Å². The summed E-state index contributed by atoms with van der Waals surface area (Å²) in [7, 11) is 0. The fourth-order valence-corrected chi connectivity index (χ4v) is 2.90. The van der Waals surface area contributed by atoms with Crippen LogP contribution < -0.4 is 5.32 Å². The Hall–Kier alpha value is -1.05. The first kappa shape index (κ1) is 11.4. The largest absolute Gasteiger partial charge is 0.381 e. The van der Waals surface area contributed by atoms with Gasteiger partial charge in [-0.3, -0.25) is 4.98 Å². The van der Waals surface area contributed by atoms with Gasteiger partial charge in [-0.05, 0) is 42.7 Å². The average Bonchev–Trinajstić information content (AvgIpc) is 2.44. The molecule has 0 radical (unpaired) electrons. The number of rotatable bonds is 2. The van der Waals surface area contributed by atoms with Crippen molar-refractivity contribution in [3.63, 3.8) is 0 Å². The molecule has 1 aliphatic carbocycles. The number of anilines is 1. The topological polar surface area (TPSA) is 24.9 Å². The summed E-state index contributed by atoms with van der Waals surface area (Å²) in [4.78, 5) is 4.19. The fraction of sp³-hybridized carbons (Fsp3) is 0.643. The molecule has 1 aliphatic rings.